The van der Waals surface area contributed by atoms with E-state index in [1.54, 1.807) is 11.1 Å². The summed E-state index contributed by atoms with van der Waals surface area (Å²) in [6, 6.07) is 4.82. The van der Waals surface area contributed by atoms with Crippen molar-refractivity contribution in [1.82, 2.24) is 49.4 Å². The van der Waals surface area contributed by atoms with Crippen LogP contribution in [0.2, 0.25) is 0 Å². The Labute approximate surface area is 233 Å². The number of nitrogens with one attached hydrogen (secondary N) is 1. The fraction of sp³-hybridized carbons (Fsp3) is 0.444. The van der Waals surface area contributed by atoms with Crippen molar-refractivity contribution in [2.45, 2.75) is 38.0 Å². The van der Waals surface area contributed by atoms with Crippen molar-refractivity contribution in [3.8, 4) is 11.3 Å². The molecule has 0 bridgehead atoms. The lowest BCUT2D eigenvalue weighted by Crippen LogP contribution is -2.56. The zero-order valence-electron chi connectivity index (χ0n) is 22.2. The van der Waals surface area contributed by atoms with E-state index in [4.69, 9.17) is 0 Å². The van der Waals surface area contributed by atoms with Gasteiger partial charge in [-0.05, 0) is 44.5 Å². The van der Waals surface area contributed by atoms with Crippen molar-refractivity contribution < 1.29 is 18.0 Å². The highest BCUT2D eigenvalue weighted by Crippen LogP contribution is 2.31. The van der Waals surface area contributed by atoms with E-state index in [0.717, 1.165) is 67.7 Å². The monoisotopic (exact) mass is 565 g/mol. The van der Waals surface area contributed by atoms with Gasteiger partial charge in [-0.1, -0.05) is 0 Å². The second-order valence-electron chi connectivity index (χ2n) is 10.8. The van der Waals surface area contributed by atoms with Crippen LogP contribution < -0.4 is 0 Å². The average Bonchev–Trinajstić information content (AvgIpc) is 3.59. The lowest BCUT2D eigenvalue weighted by molar-refractivity contribution is -0.145. The minimum atomic E-state index is -4.71. The van der Waals surface area contributed by atoms with Crippen LogP contribution in [0.1, 0.15) is 41.3 Å². The predicted octanol–water partition coefficient (Wildman–Crippen LogP) is 2.84. The van der Waals surface area contributed by atoms with Crippen LogP contribution in [-0.4, -0.2) is 101 Å². The molecule has 3 saturated heterocycles. The standard InChI is InChI=1S/C27H28F3N10O/c28-27(29,30)26-35-18(13-37-6-1-7-37)10-22(36-26)25(41)38-8-3-19(4-9-38)39-14-20(15-39)40-12-17(11-34-40)23-21-2-5-31-24(21)33-16-32-23/h2,5,10-12,16,19H,1,3-4,6-9,13-15H2,(H,31,32,33). The molecule has 0 unspecified atom stereocenters. The highest BCUT2D eigenvalue weighted by molar-refractivity contribution is 5.92. The number of halogens is 3. The molecule has 1 amide bonds. The minimum Gasteiger partial charge on any atom is -0.346 e. The van der Waals surface area contributed by atoms with E-state index in [2.05, 4.69) is 34.9 Å². The van der Waals surface area contributed by atoms with E-state index < -0.39 is 17.9 Å². The van der Waals surface area contributed by atoms with Crippen molar-refractivity contribution in [2.75, 3.05) is 39.3 Å². The molecular formula is C27H28F3N10O. The summed E-state index contributed by atoms with van der Waals surface area (Å²) >= 11 is 0. The quantitative estimate of drug-likeness (QED) is 0.380. The summed E-state index contributed by atoms with van der Waals surface area (Å²) in [6.07, 6.45) is 4.95. The van der Waals surface area contributed by atoms with Crippen LogP contribution in [0.15, 0.2) is 37.1 Å². The van der Waals surface area contributed by atoms with Crippen LogP contribution in [0.3, 0.4) is 0 Å². The minimum absolute atomic E-state index is 0.184. The number of hydrogen-bond donors (Lipinski definition) is 1. The fourth-order valence-electron chi connectivity index (χ4n) is 5.73. The molecule has 11 nitrogen and oxygen atoms in total. The van der Waals surface area contributed by atoms with Crippen LogP contribution in [0.5, 0.6) is 0 Å². The Kier molecular flexibility index (Phi) is 6.46. The topological polar surface area (TPSA) is 112 Å². The molecule has 0 aromatic carbocycles. The number of nitrogens with zero attached hydrogens (tertiary/aromatic N) is 9. The summed E-state index contributed by atoms with van der Waals surface area (Å²) in [7, 11) is 0. The first-order valence-electron chi connectivity index (χ1n) is 13.7. The molecule has 14 heteroatoms. The number of carbonyl (C=O) groups is 1. The molecule has 0 saturated carbocycles. The number of rotatable bonds is 6. The molecule has 4 aromatic rings. The van der Waals surface area contributed by atoms with Crippen LogP contribution in [0.4, 0.5) is 13.2 Å². The molecule has 3 aliphatic heterocycles. The van der Waals surface area contributed by atoms with Crippen LogP contribution in [0, 0.1) is 6.04 Å². The number of hydrogen-bond acceptors (Lipinski definition) is 8. The number of amides is 1. The molecule has 1 radical (unpaired) electrons. The smallest absolute Gasteiger partial charge is 0.346 e. The van der Waals surface area contributed by atoms with Gasteiger partial charge in [-0.15, -0.1) is 0 Å². The van der Waals surface area contributed by atoms with E-state index >= 15 is 0 Å². The Bertz CT molecular complexity index is 1560. The molecule has 0 aliphatic carbocycles. The highest BCUT2D eigenvalue weighted by atomic mass is 19.4. The molecule has 3 fully saturated rings. The number of alkyl halides is 3. The number of fused-ring (bicyclic) bond motifs is 1. The Hall–Kier alpha value is -3.91. The van der Waals surface area contributed by atoms with Gasteiger partial charge in [0.25, 0.3) is 5.91 Å². The van der Waals surface area contributed by atoms with Gasteiger partial charge in [-0.2, -0.15) is 18.3 Å². The number of carbonyl (C=O) groups excluding carboxylic acids is 1. The summed E-state index contributed by atoms with van der Waals surface area (Å²) in [4.78, 5) is 38.2. The highest BCUT2D eigenvalue weighted by Gasteiger charge is 2.39. The molecule has 0 spiro atoms. The van der Waals surface area contributed by atoms with Crippen LogP contribution in [-0.2, 0) is 12.7 Å². The number of aromatic nitrogens is 7. The second-order valence-corrected chi connectivity index (χ2v) is 10.8. The SMILES string of the molecule is O=C(c1cc(CN2CCC2)nc(C(F)(F)F)n1)N1CCC(N2C[C](n3cc(-c4ncnc5[nH]ccc45)cn3)C2)CC1. The third kappa shape index (κ3) is 5.05. The largest absolute Gasteiger partial charge is 0.451 e. The van der Waals surface area contributed by atoms with Gasteiger partial charge in [0, 0.05) is 62.1 Å². The molecule has 7 heterocycles. The average molecular weight is 566 g/mol. The van der Waals surface area contributed by atoms with Crippen molar-refractivity contribution in [2.24, 2.45) is 0 Å². The van der Waals surface area contributed by atoms with Gasteiger partial charge in [-0.25, -0.2) is 19.9 Å². The fourth-order valence-corrected chi connectivity index (χ4v) is 5.73. The van der Waals surface area contributed by atoms with Gasteiger partial charge in [0.05, 0.1) is 17.6 Å². The summed E-state index contributed by atoms with van der Waals surface area (Å²) in [5, 5.41) is 5.49. The second kappa shape index (κ2) is 10.2. The molecular weight excluding hydrogens is 537 g/mol. The van der Waals surface area contributed by atoms with Crippen molar-refractivity contribution in [1.29, 1.82) is 0 Å². The van der Waals surface area contributed by atoms with Gasteiger partial charge in [0.2, 0.25) is 5.82 Å². The van der Waals surface area contributed by atoms with Crippen molar-refractivity contribution >= 4 is 16.9 Å². The van der Waals surface area contributed by atoms with Crippen LogP contribution >= 0.6 is 0 Å². The maximum atomic E-state index is 13.5. The van der Waals surface area contributed by atoms with Gasteiger partial charge in [0.15, 0.2) is 0 Å². The van der Waals surface area contributed by atoms with Crippen molar-refractivity contribution in [3.05, 3.63) is 60.3 Å². The Balaban J connectivity index is 0.959. The molecule has 3 aliphatic rings. The summed E-state index contributed by atoms with van der Waals surface area (Å²) < 4.78 is 42.3. The van der Waals surface area contributed by atoms with E-state index in [9.17, 15) is 18.0 Å². The third-order valence-corrected chi connectivity index (χ3v) is 8.16. The number of likely N-dealkylation sites (tertiary alicyclic amines) is 3. The van der Waals surface area contributed by atoms with Crippen LogP contribution in [0.25, 0.3) is 22.3 Å². The number of piperidine rings is 1. The van der Waals surface area contributed by atoms with Gasteiger partial charge < -0.3 is 9.88 Å². The zero-order chi connectivity index (χ0) is 28.1. The van der Waals surface area contributed by atoms with E-state index in [1.165, 1.54) is 18.4 Å². The van der Waals surface area contributed by atoms with Gasteiger partial charge >= 0.3 is 6.18 Å². The molecule has 0 atom stereocenters. The maximum absolute atomic E-state index is 13.5. The molecule has 1 N–H and O–H groups in total. The Morgan fingerprint density at radius 3 is 2.61 bits per heavy atom. The molecule has 213 valence electrons. The number of aromatic amines is 1. The lowest BCUT2D eigenvalue weighted by Gasteiger charge is -2.46. The van der Waals surface area contributed by atoms with E-state index in [1.807, 2.05) is 28.0 Å². The summed E-state index contributed by atoms with van der Waals surface area (Å²) in [5.74, 6) is -1.72. The van der Waals surface area contributed by atoms with Crippen molar-refractivity contribution in [3.63, 3.8) is 0 Å². The van der Waals surface area contributed by atoms with Gasteiger partial charge in [0.1, 0.15) is 23.7 Å². The van der Waals surface area contributed by atoms with E-state index in [-0.39, 0.29) is 24.0 Å². The number of H-pyrrole nitrogens is 1. The first-order valence-corrected chi connectivity index (χ1v) is 13.7. The molecule has 7 rings (SSSR count). The lowest BCUT2D eigenvalue weighted by atomic mass is 9.97. The first-order chi connectivity index (χ1) is 19.8. The zero-order valence-corrected chi connectivity index (χ0v) is 22.2. The molecule has 41 heavy (non-hydrogen) atoms. The normalized spacial score (nSPS) is 19.4. The van der Waals surface area contributed by atoms with Gasteiger partial charge in [-0.3, -0.25) is 19.3 Å². The predicted molar refractivity (Wildman–Crippen MR) is 141 cm³/mol. The first kappa shape index (κ1) is 26.0. The Morgan fingerprint density at radius 2 is 1.88 bits per heavy atom. The maximum Gasteiger partial charge on any atom is 0.451 e. The molecule has 4 aromatic heterocycles. The summed E-state index contributed by atoms with van der Waals surface area (Å²) in [6.45, 7) is 4.39. The summed E-state index contributed by atoms with van der Waals surface area (Å²) in [5.41, 5.74) is 2.57. The Morgan fingerprint density at radius 1 is 1.07 bits per heavy atom. The van der Waals surface area contributed by atoms with E-state index in [0.29, 0.717) is 13.1 Å². The third-order valence-electron chi connectivity index (χ3n) is 8.16.